The highest BCUT2D eigenvalue weighted by Gasteiger charge is 2.26. The van der Waals surface area contributed by atoms with Gasteiger partial charge in [-0.3, -0.25) is 4.79 Å². The van der Waals surface area contributed by atoms with Crippen molar-refractivity contribution in [3.8, 4) is 11.5 Å². The molecule has 0 aliphatic carbocycles. The fourth-order valence-electron chi connectivity index (χ4n) is 2.56. The first-order valence-electron chi connectivity index (χ1n) is 6.98. The van der Waals surface area contributed by atoms with Gasteiger partial charge in [0.05, 0.1) is 19.8 Å². The molecule has 116 valence electrons. The summed E-state index contributed by atoms with van der Waals surface area (Å²) in [7, 11) is 4.81. The van der Waals surface area contributed by atoms with E-state index in [1.165, 1.54) is 26.4 Å². The molecule has 0 bridgehead atoms. The number of carbonyl (C=O) groups excluding carboxylic acids is 1. The Morgan fingerprint density at radius 1 is 1.24 bits per heavy atom. The molecule has 0 spiro atoms. The Bertz CT molecular complexity index is 514. The van der Waals surface area contributed by atoms with E-state index in [1.807, 2.05) is 7.05 Å². The van der Waals surface area contributed by atoms with E-state index in [-0.39, 0.29) is 17.2 Å². The molecule has 1 amide bonds. The normalized spacial score (nSPS) is 15.9. The van der Waals surface area contributed by atoms with Crippen molar-refractivity contribution in [3.05, 3.63) is 23.5 Å². The van der Waals surface area contributed by atoms with Crippen molar-refractivity contribution in [2.24, 2.45) is 0 Å². The standard InChI is InChI=1S/C15H21FN2O3/c1-17-10-4-6-18(7-5-10)15(19)11-8-13(20-2)14(21-3)9-12(11)16/h8-10,17H,4-7H2,1-3H3. The van der Waals surface area contributed by atoms with E-state index in [4.69, 9.17) is 9.47 Å². The molecule has 1 saturated heterocycles. The summed E-state index contributed by atoms with van der Waals surface area (Å²) in [6.07, 6.45) is 1.74. The largest absolute Gasteiger partial charge is 0.493 e. The van der Waals surface area contributed by atoms with E-state index in [1.54, 1.807) is 4.90 Å². The van der Waals surface area contributed by atoms with Crippen LogP contribution >= 0.6 is 0 Å². The van der Waals surface area contributed by atoms with Gasteiger partial charge in [-0.05, 0) is 26.0 Å². The van der Waals surface area contributed by atoms with Gasteiger partial charge in [0, 0.05) is 25.2 Å². The second-order valence-electron chi connectivity index (χ2n) is 5.04. The van der Waals surface area contributed by atoms with Crippen molar-refractivity contribution in [1.29, 1.82) is 0 Å². The second-order valence-corrected chi connectivity index (χ2v) is 5.04. The number of nitrogens with zero attached hydrogens (tertiary/aromatic N) is 1. The molecule has 0 aromatic heterocycles. The lowest BCUT2D eigenvalue weighted by molar-refractivity contribution is 0.0702. The number of likely N-dealkylation sites (tertiary alicyclic amines) is 1. The first-order chi connectivity index (χ1) is 10.1. The summed E-state index contributed by atoms with van der Waals surface area (Å²) in [5.41, 5.74) is 0.0237. The quantitative estimate of drug-likeness (QED) is 0.918. The number of hydrogen-bond acceptors (Lipinski definition) is 4. The number of amides is 1. The van der Waals surface area contributed by atoms with Crippen LogP contribution in [-0.2, 0) is 0 Å². The van der Waals surface area contributed by atoms with Gasteiger partial charge in [0.1, 0.15) is 5.82 Å². The average molecular weight is 296 g/mol. The third-order valence-corrected chi connectivity index (χ3v) is 3.89. The molecule has 1 aliphatic rings. The van der Waals surface area contributed by atoms with Crippen LogP contribution in [0.1, 0.15) is 23.2 Å². The molecule has 0 saturated carbocycles. The minimum Gasteiger partial charge on any atom is -0.493 e. The Hall–Kier alpha value is -1.82. The summed E-state index contributed by atoms with van der Waals surface area (Å²) in [5, 5.41) is 3.20. The van der Waals surface area contributed by atoms with Crippen LogP contribution in [-0.4, -0.2) is 51.2 Å². The van der Waals surface area contributed by atoms with Crippen molar-refractivity contribution < 1.29 is 18.7 Å². The molecule has 1 fully saturated rings. The van der Waals surface area contributed by atoms with Crippen molar-refractivity contribution in [2.75, 3.05) is 34.4 Å². The molecular formula is C15H21FN2O3. The molecule has 1 aliphatic heterocycles. The summed E-state index contributed by atoms with van der Waals surface area (Å²) in [6, 6.07) is 3.01. The molecule has 0 atom stereocenters. The van der Waals surface area contributed by atoms with Crippen molar-refractivity contribution in [1.82, 2.24) is 10.2 Å². The van der Waals surface area contributed by atoms with E-state index in [0.29, 0.717) is 24.9 Å². The number of halogens is 1. The van der Waals surface area contributed by atoms with Crippen LogP contribution in [0.2, 0.25) is 0 Å². The summed E-state index contributed by atoms with van der Waals surface area (Å²) in [6.45, 7) is 1.25. The minimum absolute atomic E-state index is 0.0237. The van der Waals surface area contributed by atoms with Gasteiger partial charge in [0.2, 0.25) is 0 Å². The number of nitrogens with one attached hydrogen (secondary N) is 1. The summed E-state index contributed by atoms with van der Waals surface area (Å²) < 4.78 is 24.3. The smallest absolute Gasteiger partial charge is 0.256 e. The number of rotatable bonds is 4. The van der Waals surface area contributed by atoms with E-state index in [2.05, 4.69) is 5.32 Å². The molecule has 0 radical (unpaired) electrons. The van der Waals surface area contributed by atoms with Crippen molar-refractivity contribution >= 4 is 5.91 Å². The van der Waals surface area contributed by atoms with Gasteiger partial charge >= 0.3 is 0 Å². The maximum absolute atomic E-state index is 14.1. The van der Waals surface area contributed by atoms with E-state index >= 15 is 0 Å². The Balaban J connectivity index is 2.19. The van der Waals surface area contributed by atoms with Gasteiger partial charge in [-0.2, -0.15) is 0 Å². The monoisotopic (exact) mass is 296 g/mol. The van der Waals surface area contributed by atoms with Crippen LogP contribution in [0.5, 0.6) is 11.5 Å². The molecule has 21 heavy (non-hydrogen) atoms. The number of piperidine rings is 1. The molecule has 1 aromatic rings. The third-order valence-electron chi connectivity index (χ3n) is 3.89. The lowest BCUT2D eigenvalue weighted by Crippen LogP contribution is -2.44. The second kappa shape index (κ2) is 6.76. The van der Waals surface area contributed by atoms with Gasteiger partial charge in [-0.15, -0.1) is 0 Å². The lowest BCUT2D eigenvalue weighted by atomic mass is 10.0. The number of benzene rings is 1. The molecule has 1 N–H and O–H groups in total. The number of methoxy groups -OCH3 is 2. The summed E-state index contributed by atoms with van der Waals surface area (Å²) >= 11 is 0. The van der Waals surface area contributed by atoms with E-state index in [9.17, 15) is 9.18 Å². The molecule has 1 aromatic carbocycles. The fraction of sp³-hybridized carbons (Fsp3) is 0.533. The van der Waals surface area contributed by atoms with Gasteiger partial charge < -0.3 is 19.7 Å². The highest BCUT2D eigenvalue weighted by atomic mass is 19.1. The summed E-state index contributed by atoms with van der Waals surface area (Å²) in [4.78, 5) is 14.1. The zero-order chi connectivity index (χ0) is 15.4. The molecule has 6 heteroatoms. The zero-order valence-corrected chi connectivity index (χ0v) is 12.6. The van der Waals surface area contributed by atoms with Crippen LogP contribution < -0.4 is 14.8 Å². The van der Waals surface area contributed by atoms with Crippen LogP contribution in [0, 0.1) is 5.82 Å². The molecule has 0 unspecified atom stereocenters. The number of hydrogen-bond donors (Lipinski definition) is 1. The third kappa shape index (κ3) is 3.26. The number of carbonyl (C=O) groups is 1. The Kier molecular flexibility index (Phi) is 5.01. The molecule has 2 rings (SSSR count). The van der Waals surface area contributed by atoms with Crippen LogP contribution in [0.25, 0.3) is 0 Å². The van der Waals surface area contributed by atoms with Crippen LogP contribution in [0.3, 0.4) is 0 Å². The highest BCUT2D eigenvalue weighted by Crippen LogP contribution is 2.30. The highest BCUT2D eigenvalue weighted by molar-refractivity contribution is 5.95. The molecule has 1 heterocycles. The minimum atomic E-state index is -0.589. The van der Waals surface area contributed by atoms with Crippen molar-refractivity contribution in [2.45, 2.75) is 18.9 Å². The maximum Gasteiger partial charge on any atom is 0.256 e. The van der Waals surface area contributed by atoms with Gasteiger partial charge in [-0.1, -0.05) is 0 Å². The zero-order valence-electron chi connectivity index (χ0n) is 12.6. The van der Waals surface area contributed by atoms with E-state index < -0.39 is 5.82 Å². The fourth-order valence-corrected chi connectivity index (χ4v) is 2.56. The molecular weight excluding hydrogens is 275 g/mol. The summed E-state index contributed by atoms with van der Waals surface area (Å²) in [5.74, 6) is -0.260. The Labute approximate surface area is 124 Å². The van der Waals surface area contributed by atoms with Gasteiger partial charge in [-0.25, -0.2) is 4.39 Å². The van der Waals surface area contributed by atoms with Gasteiger partial charge in [0.15, 0.2) is 11.5 Å². The first kappa shape index (κ1) is 15.6. The predicted molar refractivity (Wildman–Crippen MR) is 77.5 cm³/mol. The molecule has 5 nitrogen and oxygen atoms in total. The predicted octanol–water partition coefficient (Wildman–Crippen LogP) is 1.67. The van der Waals surface area contributed by atoms with Gasteiger partial charge in [0.25, 0.3) is 5.91 Å². The first-order valence-corrected chi connectivity index (χ1v) is 6.98. The average Bonchev–Trinajstić information content (AvgIpc) is 2.54. The van der Waals surface area contributed by atoms with Crippen LogP contribution in [0.4, 0.5) is 4.39 Å². The Morgan fingerprint density at radius 2 is 1.81 bits per heavy atom. The SMILES string of the molecule is CNC1CCN(C(=O)c2cc(OC)c(OC)cc2F)CC1. The lowest BCUT2D eigenvalue weighted by Gasteiger charge is -2.32. The Morgan fingerprint density at radius 3 is 2.33 bits per heavy atom. The topological polar surface area (TPSA) is 50.8 Å². The van der Waals surface area contributed by atoms with Crippen molar-refractivity contribution in [3.63, 3.8) is 0 Å². The maximum atomic E-state index is 14.1. The number of ether oxygens (including phenoxy) is 2. The van der Waals surface area contributed by atoms with E-state index in [0.717, 1.165) is 12.8 Å². The van der Waals surface area contributed by atoms with Crippen LogP contribution in [0.15, 0.2) is 12.1 Å².